The molecule has 3 rings (SSSR count). The summed E-state index contributed by atoms with van der Waals surface area (Å²) in [4.78, 5) is 9.51. The summed E-state index contributed by atoms with van der Waals surface area (Å²) in [5.74, 6) is 0.847. The van der Waals surface area contributed by atoms with Gasteiger partial charge < -0.3 is 5.32 Å². The van der Waals surface area contributed by atoms with Gasteiger partial charge in [-0.3, -0.25) is 0 Å². The predicted octanol–water partition coefficient (Wildman–Crippen LogP) is 3.68. The second-order valence-electron chi connectivity index (χ2n) is 6.80. The molecule has 21 heavy (non-hydrogen) atoms. The van der Waals surface area contributed by atoms with Gasteiger partial charge in [0.2, 0.25) is 0 Å². The molecule has 2 aromatic rings. The highest BCUT2D eigenvalue weighted by Crippen LogP contribution is 2.40. The van der Waals surface area contributed by atoms with Gasteiger partial charge in [-0.15, -0.1) is 0 Å². The number of nitrogens with one attached hydrogen (secondary N) is 1. The van der Waals surface area contributed by atoms with Crippen molar-refractivity contribution in [3.63, 3.8) is 0 Å². The van der Waals surface area contributed by atoms with Crippen LogP contribution in [0.25, 0.3) is 11.4 Å². The van der Waals surface area contributed by atoms with Crippen LogP contribution in [0.4, 0.5) is 0 Å². The molecule has 3 nitrogen and oxygen atoms in total. The average molecular weight is 281 g/mol. The molecule has 1 N–H and O–H groups in total. The van der Waals surface area contributed by atoms with Crippen molar-refractivity contribution in [2.45, 2.75) is 39.7 Å². The zero-order valence-corrected chi connectivity index (χ0v) is 13.3. The van der Waals surface area contributed by atoms with Gasteiger partial charge in [0.05, 0.1) is 0 Å². The van der Waals surface area contributed by atoms with Crippen LogP contribution in [0.1, 0.15) is 43.1 Å². The second-order valence-corrected chi connectivity index (χ2v) is 6.80. The highest BCUT2D eigenvalue weighted by atomic mass is 14.9. The standard InChI is InChI=1S/C18H23N3/c1-12-7-5-6-8-13(12)17-20-11-14-15(19-4)9-18(2,3)10-16(14)21-17/h5-8,11,15,19H,9-10H2,1-4H3. The third-order valence-electron chi connectivity index (χ3n) is 4.41. The van der Waals surface area contributed by atoms with Crippen molar-refractivity contribution < 1.29 is 0 Å². The maximum atomic E-state index is 4.89. The van der Waals surface area contributed by atoms with Gasteiger partial charge >= 0.3 is 0 Å². The molecule has 1 unspecified atom stereocenters. The first kappa shape index (κ1) is 14.2. The van der Waals surface area contributed by atoms with E-state index in [2.05, 4.69) is 49.3 Å². The quantitative estimate of drug-likeness (QED) is 0.912. The minimum atomic E-state index is 0.276. The summed E-state index contributed by atoms with van der Waals surface area (Å²) in [6, 6.07) is 8.66. The van der Waals surface area contributed by atoms with E-state index in [1.165, 1.54) is 16.8 Å². The Balaban J connectivity index is 2.07. The SMILES string of the molecule is CNC1CC(C)(C)Cc2nc(-c3ccccc3C)ncc21. The van der Waals surface area contributed by atoms with E-state index in [4.69, 9.17) is 4.98 Å². The molecule has 1 atom stereocenters. The van der Waals surface area contributed by atoms with Crippen LogP contribution in [0.3, 0.4) is 0 Å². The molecule has 0 amide bonds. The predicted molar refractivity (Wildman–Crippen MR) is 86.1 cm³/mol. The number of hydrogen-bond acceptors (Lipinski definition) is 3. The van der Waals surface area contributed by atoms with Crippen LogP contribution in [0, 0.1) is 12.3 Å². The van der Waals surface area contributed by atoms with Crippen molar-refractivity contribution >= 4 is 0 Å². The summed E-state index contributed by atoms with van der Waals surface area (Å²) in [6.07, 6.45) is 4.16. The molecule has 3 heteroatoms. The van der Waals surface area contributed by atoms with E-state index in [1.807, 2.05) is 19.3 Å². The van der Waals surface area contributed by atoms with E-state index >= 15 is 0 Å². The maximum absolute atomic E-state index is 4.89. The fraction of sp³-hybridized carbons (Fsp3) is 0.444. The van der Waals surface area contributed by atoms with Gasteiger partial charge in [0.15, 0.2) is 5.82 Å². The van der Waals surface area contributed by atoms with Gasteiger partial charge in [0.1, 0.15) is 0 Å². The van der Waals surface area contributed by atoms with Crippen molar-refractivity contribution in [2.75, 3.05) is 7.05 Å². The Morgan fingerprint density at radius 2 is 2.00 bits per heavy atom. The molecule has 0 saturated heterocycles. The smallest absolute Gasteiger partial charge is 0.159 e. The largest absolute Gasteiger partial charge is 0.313 e. The van der Waals surface area contributed by atoms with E-state index < -0.39 is 0 Å². The Kier molecular flexibility index (Phi) is 3.54. The van der Waals surface area contributed by atoms with Crippen LogP contribution in [-0.2, 0) is 6.42 Å². The van der Waals surface area contributed by atoms with Crippen LogP contribution >= 0.6 is 0 Å². The molecule has 0 bridgehead atoms. The van der Waals surface area contributed by atoms with E-state index in [1.54, 1.807) is 0 Å². The minimum absolute atomic E-state index is 0.276. The van der Waals surface area contributed by atoms with Crippen LogP contribution in [0.5, 0.6) is 0 Å². The van der Waals surface area contributed by atoms with Gasteiger partial charge in [-0.2, -0.15) is 0 Å². The van der Waals surface area contributed by atoms with E-state index in [9.17, 15) is 0 Å². The van der Waals surface area contributed by atoms with Gasteiger partial charge in [0, 0.05) is 29.1 Å². The molecule has 1 aromatic heterocycles. The number of fused-ring (bicyclic) bond motifs is 1. The van der Waals surface area contributed by atoms with Crippen molar-refractivity contribution in [1.82, 2.24) is 15.3 Å². The molecular formula is C18H23N3. The molecule has 0 spiro atoms. The van der Waals surface area contributed by atoms with Crippen LogP contribution in [-0.4, -0.2) is 17.0 Å². The Morgan fingerprint density at radius 1 is 1.24 bits per heavy atom. The third kappa shape index (κ3) is 2.70. The molecule has 1 aliphatic carbocycles. The Hall–Kier alpha value is -1.74. The van der Waals surface area contributed by atoms with E-state index in [-0.39, 0.29) is 5.41 Å². The summed E-state index contributed by atoms with van der Waals surface area (Å²) in [5.41, 5.74) is 5.08. The van der Waals surface area contributed by atoms with Crippen molar-refractivity contribution in [3.05, 3.63) is 47.3 Å². The third-order valence-corrected chi connectivity index (χ3v) is 4.41. The van der Waals surface area contributed by atoms with Crippen LogP contribution < -0.4 is 5.32 Å². The first-order valence-corrected chi connectivity index (χ1v) is 7.59. The Morgan fingerprint density at radius 3 is 2.71 bits per heavy atom. The number of nitrogens with zero attached hydrogens (tertiary/aromatic N) is 2. The number of hydrogen-bond donors (Lipinski definition) is 1. The lowest BCUT2D eigenvalue weighted by molar-refractivity contribution is 0.260. The molecule has 0 aliphatic heterocycles. The van der Waals surface area contributed by atoms with Gasteiger partial charge in [-0.05, 0) is 37.8 Å². The molecule has 0 radical (unpaired) electrons. The molecule has 1 heterocycles. The second kappa shape index (κ2) is 5.23. The average Bonchev–Trinajstić information content (AvgIpc) is 2.45. The first-order valence-electron chi connectivity index (χ1n) is 7.59. The zero-order valence-electron chi connectivity index (χ0n) is 13.3. The number of benzene rings is 1. The zero-order chi connectivity index (χ0) is 15.0. The lowest BCUT2D eigenvalue weighted by Gasteiger charge is -2.36. The lowest BCUT2D eigenvalue weighted by Crippen LogP contribution is -2.32. The molecule has 0 fully saturated rings. The Bertz CT molecular complexity index is 661. The summed E-state index contributed by atoms with van der Waals surface area (Å²) in [7, 11) is 2.02. The fourth-order valence-corrected chi connectivity index (χ4v) is 3.26. The highest BCUT2D eigenvalue weighted by molar-refractivity contribution is 5.60. The van der Waals surface area contributed by atoms with E-state index in [0.29, 0.717) is 6.04 Å². The van der Waals surface area contributed by atoms with Crippen molar-refractivity contribution in [3.8, 4) is 11.4 Å². The monoisotopic (exact) mass is 281 g/mol. The van der Waals surface area contributed by atoms with Crippen LogP contribution in [0.15, 0.2) is 30.5 Å². The minimum Gasteiger partial charge on any atom is -0.313 e. The number of aromatic nitrogens is 2. The number of aryl methyl sites for hydroxylation is 1. The Labute approximate surface area is 126 Å². The van der Waals surface area contributed by atoms with Crippen molar-refractivity contribution in [2.24, 2.45) is 5.41 Å². The first-order chi connectivity index (χ1) is 10.00. The molecular weight excluding hydrogens is 258 g/mol. The van der Waals surface area contributed by atoms with Crippen molar-refractivity contribution in [1.29, 1.82) is 0 Å². The molecule has 1 aliphatic rings. The maximum Gasteiger partial charge on any atom is 0.159 e. The lowest BCUT2D eigenvalue weighted by atomic mass is 9.74. The van der Waals surface area contributed by atoms with Gasteiger partial charge in [-0.25, -0.2) is 9.97 Å². The normalized spacial score (nSPS) is 20.1. The van der Waals surface area contributed by atoms with Gasteiger partial charge in [0.25, 0.3) is 0 Å². The van der Waals surface area contributed by atoms with E-state index in [0.717, 1.165) is 24.2 Å². The van der Waals surface area contributed by atoms with Crippen LogP contribution in [0.2, 0.25) is 0 Å². The summed E-state index contributed by atoms with van der Waals surface area (Å²) in [5, 5.41) is 3.41. The summed E-state index contributed by atoms with van der Waals surface area (Å²) in [6.45, 7) is 6.74. The number of rotatable bonds is 2. The summed E-state index contributed by atoms with van der Waals surface area (Å²) < 4.78 is 0. The molecule has 110 valence electrons. The topological polar surface area (TPSA) is 37.8 Å². The molecule has 0 saturated carbocycles. The molecule has 1 aromatic carbocycles. The highest BCUT2D eigenvalue weighted by Gasteiger charge is 2.32. The van der Waals surface area contributed by atoms with Gasteiger partial charge in [-0.1, -0.05) is 38.1 Å². The fourth-order valence-electron chi connectivity index (χ4n) is 3.26. The summed E-state index contributed by atoms with van der Waals surface area (Å²) >= 11 is 0.